The summed E-state index contributed by atoms with van der Waals surface area (Å²) in [6.45, 7) is 0.598. The quantitative estimate of drug-likeness (QED) is 0.555. The van der Waals surface area contributed by atoms with Gasteiger partial charge in [-0.25, -0.2) is 14.6 Å². The first-order valence-corrected chi connectivity index (χ1v) is 10.1. The number of anilines is 1. The van der Waals surface area contributed by atoms with E-state index in [0.29, 0.717) is 17.4 Å². The van der Waals surface area contributed by atoms with Gasteiger partial charge in [0.15, 0.2) is 0 Å². The first-order chi connectivity index (χ1) is 15.0. The largest absolute Gasteiger partial charge is 0.447 e. The Bertz CT molecular complexity index is 1010. The molecule has 0 fully saturated rings. The maximum atomic E-state index is 12.1. The molecule has 3 rings (SSSR count). The maximum absolute atomic E-state index is 12.1. The molecule has 0 aliphatic rings. The minimum Gasteiger partial charge on any atom is -0.447 e. The van der Waals surface area contributed by atoms with Crippen molar-refractivity contribution in [2.24, 2.45) is 0 Å². The molecule has 0 saturated heterocycles. The lowest BCUT2D eigenvalue weighted by atomic mass is 10.1. The topological polar surface area (TPSA) is 83.6 Å². The van der Waals surface area contributed by atoms with Gasteiger partial charge in [-0.05, 0) is 29.3 Å². The highest BCUT2D eigenvalue weighted by molar-refractivity contribution is 6.31. The number of halogens is 1. The van der Waals surface area contributed by atoms with Gasteiger partial charge in [-0.2, -0.15) is 0 Å². The molecule has 1 aromatic heterocycles. The molecule has 1 heterocycles. The molecule has 0 unspecified atom stereocenters. The Morgan fingerprint density at radius 3 is 2.45 bits per heavy atom. The number of pyridine rings is 1. The molecule has 0 bridgehead atoms. The Balaban J connectivity index is 1.38. The second-order valence-electron chi connectivity index (χ2n) is 6.73. The zero-order valence-electron chi connectivity index (χ0n) is 17.0. The van der Waals surface area contributed by atoms with E-state index in [9.17, 15) is 9.59 Å². The van der Waals surface area contributed by atoms with E-state index in [-0.39, 0.29) is 19.2 Å². The number of amides is 3. The van der Waals surface area contributed by atoms with E-state index in [2.05, 4.69) is 15.6 Å². The highest BCUT2D eigenvalue weighted by Gasteiger charge is 2.11. The van der Waals surface area contributed by atoms with E-state index in [4.69, 9.17) is 16.3 Å². The average molecular weight is 439 g/mol. The van der Waals surface area contributed by atoms with E-state index < -0.39 is 6.09 Å². The molecule has 2 N–H and O–H groups in total. The van der Waals surface area contributed by atoms with Crippen molar-refractivity contribution in [1.82, 2.24) is 15.2 Å². The zero-order chi connectivity index (χ0) is 22.1. The summed E-state index contributed by atoms with van der Waals surface area (Å²) in [5.74, 6) is 0.385. The smallest absolute Gasteiger partial charge is 0.412 e. The van der Waals surface area contributed by atoms with Gasteiger partial charge in [-0.15, -0.1) is 0 Å². The van der Waals surface area contributed by atoms with Gasteiger partial charge in [-0.3, -0.25) is 5.32 Å². The van der Waals surface area contributed by atoms with E-state index in [1.807, 2.05) is 54.6 Å². The molecule has 31 heavy (non-hydrogen) atoms. The lowest BCUT2D eigenvalue weighted by Gasteiger charge is -2.18. The van der Waals surface area contributed by atoms with Crippen LogP contribution in [0.4, 0.5) is 15.4 Å². The van der Waals surface area contributed by atoms with Crippen LogP contribution in [0.1, 0.15) is 5.56 Å². The fraction of sp³-hybridized carbons (Fsp3) is 0.174. The van der Waals surface area contributed by atoms with Crippen molar-refractivity contribution in [3.63, 3.8) is 0 Å². The number of nitrogens with one attached hydrogen (secondary N) is 2. The summed E-state index contributed by atoms with van der Waals surface area (Å²) in [5.41, 5.74) is 2.82. The third kappa shape index (κ3) is 6.72. The summed E-state index contributed by atoms with van der Waals surface area (Å²) in [6.07, 6.45) is 1.05. The second-order valence-corrected chi connectivity index (χ2v) is 7.14. The van der Waals surface area contributed by atoms with Crippen LogP contribution in [0.15, 0.2) is 72.9 Å². The Morgan fingerprint density at radius 1 is 1.00 bits per heavy atom. The first kappa shape index (κ1) is 22.1. The third-order valence-corrected chi connectivity index (χ3v) is 4.86. The maximum Gasteiger partial charge on any atom is 0.412 e. The molecule has 0 aliphatic carbocycles. The number of hydrogen-bond acceptors (Lipinski definition) is 4. The Hall–Kier alpha value is -3.58. The predicted octanol–water partition coefficient (Wildman–Crippen LogP) is 4.79. The summed E-state index contributed by atoms with van der Waals surface area (Å²) in [6, 6.07) is 20.4. The van der Waals surface area contributed by atoms with Gasteiger partial charge in [0.05, 0.1) is 6.54 Å². The number of rotatable bonds is 7. The fourth-order valence-electron chi connectivity index (χ4n) is 2.73. The predicted molar refractivity (Wildman–Crippen MR) is 121 cm³/mol. The molecule has 7 nitrogen and oxygen atoms in total. The van der Waals surface area contributed by atoms with Crippen LogP contribution in [0, 0.1) is 0 Å². The molecule has 3 aromatic rings. The van der Waals surface area contributed by atoms with Gasteiger partial charge in [0.25, 0.3) is 0 Å². The minimum atomic E-state index is -0.634. The standard InChI is InChI=1S/C23H23ClN4O3/c1-28(22(29)26-16-19-9-5-6-10-20(19)24)13-14-31-23(30)27-21-12-11-18(15-25-21)17-7-3-2-4-8-17/h2-12,15H,13-14,16H2,1H3,(H,26,29)(H,25,27,30). The van der Waals surface area contributed by atoms with Crippen LogP contribution in [0.3, 0.4) is 0 Å². The van der Waals surface area contributed by atoms with E-state index in [0.717, 1.165) is 16.7 Å². The molecule has 0 saturated carbocycles. The molecule has 160 valence electrons. The van der Waals surface area contributed by atoms with Crippen molar-refractivity contribution in [3.8, 4) is 11.1 Å². The second kappa shape index (κ2) is 11.0. The number of urea groups is 1. The SMILES string of the molecule is CN(CCOC(=O)Nc1ccc(-c2ccccc2)cn1)C(=O)NCc1ccccc1Cl. The number of ether oxygens (including phenoxy) is 1. The number of likely N-dealkylation sites (N-methyl/N-ethyl adjacent to an activating group) is 1. The van der Waals surface area contributed by atoms with Crippen LogP contribution in [0.5, 0.6) is 0 Å². The number of nitrogens with zero attached hydrogens (tertiary/aromatic N) is 2. The number of carbonyl (C=O) groups excluding carboxylic acids is 2. The molecule has 0 spiro atoms. The summed E-state index contributed by atoms with van der Waals surface area (Å²) in [4.78, 5) is 29.8. The molecule has 2 aromatic carbocycles. The van der Waals surface area contributed by atoms with Gasteiger partial charge < -0.3 is 15.0 Å². The molecular weight excluding hydrogens is 416 g/mol. The van der Waals surface area contributed by atoms with Crippen LogP contribution in [-0.2, 0) is 11.3 Å². The molecule has 0 atom stereocenters. The number of carbonyl (C=O) groups is 2. The molecule has 0 radical (unpaired) electrons. The minimum absolute atomic E-state index is 0.0456. The van der Waals surface area contributed by atoms with Crippen molar-refractivity contribution in [3.05, 3.63) is 83.5 Å². The van der Waals surface area contributed by atoms with Gasteiger partial charge in [0.2, 0.25) is 0 Å². The lowest BCUT2D eigenvalue weighted by molar-refractivity contribution is 0.146. The van der Waals surface area contributed by atoms with Crippen LogP contribution in [0.2, 0.25) is 5.02 Å². The first-order valence-electron chi connectivity index (χ1n) is 9.70. The number of aromatic nitrogens is 1. The summed E-state index contributed by atoms with van der Waals surface area (Å²) in [7, 11) is 1.62. The van der Waals surface area contributed by atoms with E-state index >= 15 is 0 Å². The number of hydrogen-bond donors (Lipinski definition) is 2. The zero-order valence-corrected chi connectivity index (χ0v) is 17.8. The van der Waals surface area contributed by atoms with E-state index in [1.165, 1.54) is 4.90 Å². The molecular formula is C23H23ClN4O3. The normalized spacial score (nSPS) is 10.3. The van der Waals surface area contributed by atoms with Gasteiger partial charge in [0.1, 0.15) is 12.4 Å². The fourth-order valence-corrected chi connectivity index (χ4v) is 2.94. The average Bonchev–Trinajstić information content (AvgIpc) is 2.79. The van der Waals surface area contributed by atoms with E-state index in [1.54, 1.807) is 25.4 Å². The third-order valence-electron chi connectivity index (χ3n) is 4.50. The van der Waals surface area contributed by atoms with Crippen molar-refractivity contribution in [1.29, 1.82) is 0 Å². The highest BCUT2D eigenvalue weighted by Crippen LogP contribution is 2.19. The van der Waals surface area contributed by atoms with Gasteiger partial charge >= 0.3 is 12.1 Å². The highest BCUT2D eigenvalue weighted by atomic mass is 35.5. The molecule has 3 amide bonds. The number of benzene rings is 2. The molecule has 0 aliphatic heterocycles. The van der Waals surface area contributed by atoms with Crippen molar-refractivity contribution < 1.29 is 14.3 Å². The van der Waals surface area contributed by atoms with Crippen LogP contribution >= 0.6 is 11.6 Å². The van der Waals surface area contributed by atoms with Crippen LogP contribution < -0.4 is 10.6 Å². The lowest BCUT2D eigenvalue weighted by Crippen LogP contribution is -2.39. The van der Waals surface area contributed by atoms with Gasteiger partial charge in [0, 0.05) is 30.4 Å². The van der Waals surface area contributed by atoms with Crippen LogP contribution in [-0.4, -0.2) is 42.2 Å². The summed E-state index contributed by atoms with van der Waals surface area (Å²) >= 11 is 6.08. The van der Waals surface area contributed by atoms with Crippen molar-refractivity contribution in [2.45, 2.75) is 6.54 Å². The monoisotopic (exact) mass is 438 g/mol. The Kier molecular flexibility index (Phi) is 7.84. The Labute approximate surface area is 186 Å². The molecule has 8 heteroatoms. The van der Waals surface area contributed by atoms with Crippen molar-refractivity contribution >= 4 is 29.5 Å². The van der Waals surface area contributed by atoms with Gasteiger partial charge in [-0.1, -0.05) is 60.1 Å². The summed E-state index contributed by atoms with van der Waals surface area (Å²) < 4.78 is 5.13. The van der Waals surface area contributed by atoms with Crippen LogP contribution in [0.25, 0.3) is 11.1 Å². The van der Waals surface area contributed by atoms with Crippen molar-refractivity contribution in [2.75, 3.05) is 25.5 Å². The Morgan fingerprint density at radius 2 is 1.74 bits per heavy atom. The summed E-state index contributed by atoms with van der Waals surface area (Å²) in [5, 5.41) is 5.94.